The van der Waals surface area contributed by atoms with E-state index in [0.717, 1.165) is 23.7 Å². The van der Waals surface area contributed by atoms with Gasteiger partial charge in [-0.3, -0.25) is 0 Å². The molecule has 2 heterocycles. The number of nitrogens with zero attached hydrogens (tertiary/aromatic N) is 2. The number of aliphatic hydroxyl groups is 1. The Labute approximate surface area is 189 Å². The lowest BCUT2D eigenvalue weighted by molar-refractivity contribution is -0.0338. The molecule has 2 aliphatic heterocycles. The minimum Gasteiger partial charge on any atom is -0.393 e. The van der Waals surface area contributed by atoms with Crippen molar-refractivity contribution in [3.63, 3.8) is 0 Å². The zero-order valence-corrected chi connectivity index (χ0v) is 21.3. The Hall–Kier alpha value is -0.120. The molecule has 0 bridgehead atoms. The molecule has 1 N–H and O–H groups in total. The third-order valence-electron chi connectivity index (χ3n) is 8.43. The molecular formula is C27H54N2O. The highest BCUT2D eigenvalue weighted by molar-refractivity contribution is 4.89. The lowest BCUT2D eigenvalue weighted by Crippen LogP contribution is -2.45. The molecule has 0 saturated carbocycles. The minimum atomic E-state index is -0.108. The molecular weight excluding hydrogens is 368 g/mol. The summed E-state index contributed by atoms with van der Waals surface area (Å²) in [6, 6.07) is 0. The predicted molar refractivity (Wildman–Crippen MR) is 131 cm³/mol. The first kappa shape index (κ1) is 26.1. The summed E-state index contributed by atoms with van der Waals surface area (Å²) in [5.74, 6) is 4.09. The molecule has 3 unspecified atom stereocenters. The topological polar surface area (TPSA) is 26.7 Å². The summed E-state index contributed by atoms with van der Waals surface area (Å²) in [6.45, 7) is 14.3. The standard InChI is InChI=1S/C27H54N2O/c1-21(2)9-7-10-22(3)11-8-12-23(4)27(30)26(24-13-17-28(5)18-14-24)25-15-19-29(6)20-16-25/h21-27,30H,7-20H2,1-6H3. The van der Waals surface area contributed by atoms with Crippen molar-refractivity contribution in [1.29, 1.82) is 0 Å². The molecule has 0 aliphatic carbocycles. The van der Waals surface area contributed by atoms with E-state index in [-0.39, 0.29) is 6.10 Å². The average Bonchev–Trinajstić information content (AvgIpc) is 2.70. The number of piperidine rings is 2. The second-order valence-corrected chi connectivity index (χ2v) is 11.7. The van der Waals surface area contributed by atoms with Crippen molar-refractivity contribution in [2.24, 2.45) is 35.5 Å². The fourth-order valence-corrected chi connectivity index (χ4v) is 6.13. The first-order valence-electron chi connectivity index (χ1n) is 13.3. The Balaban J connectivity index is 1.85. The maximum atomic E-state index is 11.6. The van der Waals surface area contributed by atoms with E-state index in [4.69, 9.17) is 0 Å². The summed E-state index contributed by atoms with van der Waals surface area (Å²) >= 11 is 0. The Morgan fingerprint density at radius 3 is 1.57 bits per heavy atom. The molecule has 0 radical (unpaired) electrons. The molecule has 0 amide bonds. The fourth-order valence-electron chi connectivity index (χ4n) is 6.13. The maximum Gasteiger partial charge on any atom is 0.0599 e. The van der Waals surface area contributed by atoms with E-state index in [1.165, 1.54) is 90.4 Å². The number of hydrogen-bond acceptors (Lipinski definition) is 3. The van der Waals surface area contributed by atoms with Gasteiger partial charge in [0.05, 0.1) is 6.10 Å². The molecule has 0 aromatic rings. The highest BCUT2D eigenvalue weighted by atomic mass is 16.3. The predicted octanol–water partition coefficient (Wildman–Crippen LogP) is 5.92. The smallest absolute Gasteiger partial charge is 0.0599 e. The van der Waals surface area contributed by atoms with Crippen molar-refractivity contribution in [2.45, 2.75) is 98.0 Å². The third kappa shape index (κ3) is 8.79. The van der Waals surface area contributed by atoms with E-state index in [1.807, 2.05) is 0 Å². The van der Waals surface area contributed by atoms with Gasteiger partial charge in [0.2, 0.25) is 0 Å². The molecule has 178 valence electrons. The van der Waals surface area contributed by atoms with Crippen molar-refractivity contribution in [3.8, 4) is 0 Å². The largest absolute Gasteiger partial charge is 0.393 e. The summed E-state index contributed by atoms with van der Waals surface area (Å²) in [6.07, 6.45) is 13.0. The van der Waals surface area contributed by atoms with E-state index >= 15 is 0 Å². The summed E-state index contributed by atoms with van der Waals surface area (Å²) < 4.78 is 0. The first-order valence-corrected chi connectivity index (χ1v) is 13.3. The van der Waals surface area contributed by atoms with Crippen LogP contribution in [0.25, 0.3) is 0 Å². The maximum absolute atomic E-state index is 11.6. The summed E-state index contributed by atoms with van der Waals surface area (Å²) in [5, 5.41) is 11.6. The van der Waals surface area contributed by atoms with Crippen LogP contribution in [0.1, 0.15) is 91.9 Å². The SMILES string of the molecule is CC(C)CCCC(C)CCCC(C)C(O)C(C1CCN(C)CC1)C1CCN(C)CC1. The quantitative estimate of drug-likeness (QED) is 0.423. The van der Waals surface area contributed by atoms with Gasteiger partial charge in [-0.05, 0) is 108 Å². The molecule has 2 rings (SSSR count). The van der Waals surface area contributed by atoms with Gasteiger partial charge in [-0.25, -0.2) is 0 Å². The van der Waals surface area contributed by atoms with E-state index in [0.29, 0.717) is 11.8 Å². The van der Waals surface area contributed by atoms with Gasteiger partial charge in [-0.1, -0.05) is 59.8 Å². The third-order valence-corrected chi connectivity index (χ3v) is 8.43. The first-order chi connectivity index (χ1) is 14.3. The van der Waals surface area contributed by atoms with Crippen LogP contribution in [0, 0.1) is 35.5 Å². The lowest BCUT2D eigenvalue weighted by atomic mass is 9.67. The number of rotatable bonds is 12. The van der Waals surface area contributed by atoms with E-state index in [1.54, 1.807) is 0 Å². The van der Waals surface area contributed by atoms with Crippen molar-refractivity contribution in [1.82, 2.24) is 9.80 Å². The monoisotopic (exact) mass is 422 g/mol. The van der Waals surface area contributed by atoms with Crippen LogP contribution >= 0.6 is 0 Å². The Kier molecular flexibility index (Phi) is 11.7. The summed E-state index contributed by atoms with van der Waals surface area (Å²) in [5.41, 5.74) is 0. The number of likely N-dealkylation sites (tertiary alicyclic amines) is 2. The molecule has 2 aliphatic rings. The molecule has 2 fully saturated rings. The van der Waals surface area contributed by atoms with Gasteiger partial charge in [-0.15, -0.1) is 0 Å². The summed E-state index contributed by atoms with van der Waals surface area (Å²) in [7, 11) is 4.50. The molecule has 3 heteroatoms. The van der Waals surface area contributed by atoms with Crippen molar-refractivity contribution < 1.29 is 5.11 Å². The molecule has 3 atom stereocenters. The Morgan fingerprint density at radius 1 is 0.700 bits per heavy atom. The van der Waals surface area contributed by atoms with Gasteiger partial charge in [0, 0.05) is 0 Å². The Bertz CT molecular complexity index is 416. The molecule has 2 saturated heterocycles. The summed E-state index contributed by atoms with van der Waals surface area (Å²) in [4.78, 5) is 4.94. The highest BCUT2D eigenvalue weighted by Gasteiger charge is 2.39. The van der Waals surface area contributed by atoms with Crippen LogP contribution in [-0.2, 0) is 0 Å². The Morgan fingerprint density at radius 2 is 1.13 bits per heavy atom. The van der Waals surface area contributed by atoms with Crippen LogP contribution < -0.4 is 0 Å². The van der Waals surface area contributed by atoms with Gasteiger partial charge < -0.3 is 14.9 Å². The zero-order valence-electron chi connectivity index (χ0n) is 21.3. The molecule has 0 spiro atoms. The number of aliphatic hydroxyl groups excluding tert-OH is 1. The van der Waals surface area contributed by atoms with Gasteiger partial charge in [0.25, 0.3) is 0 Å². The second kappa shape index (κ2) is 13.4. The lowest BCUT2D eigenvalue weighted by Gasteiger charge is -2.44. The molecule has 30 heavy (non-hydrogen) atoms. The average molecular weight is 423 g/mol. The fraction of sp³-hybridized carbons (Fsp3) is 1.00. The van der Waals surface area contributed by atoms with Crippen LogP contribution in [0.2, 0.25) is 0 Å². The molecule has 0 aromatic carbocycles. The van der Waals surface area contributed by atoms with Gasteiger partial charge in [0.1, 0.15) is 0 Å². The minimum absolute atomic E-state index is 0.108. The van der Waals surface area contributed by atoms with E-state index in [9.17, 15) is 5.11 Å². The highest BCUT2D eigenvalue weighted by Crippen LogP contribution is 2.40. The van der Waals surface area contributed by atoms with Crippen LogP contribution in [0.3, 0.4) is 0 Å². The number of hydrogen-bond donors (Lipinski definition) is 1. The van der Waals surface area contributed by atoms with Gasteiger partial charge in [-0.2, -0.15) is 0 Å². The molecule has 3 nitrogen and oxygen atoms in total. The zero-order chi connectivity index (χ0) is 22.1. The normalized spacial score (nSPS) is 23.9. The molecule has 0 aromatic heterocycles. The van der Waals surface area contributed by atoms with Crippen molar-refractivity contribution in [3.05, 3.63) is 0 Å². The second-order valence-electron chi connectivity index (χ2n) is 11.7. The van der Waals surface area contributed by atoms with Crippen LogP contribution in [0.15, 0.2) is 0 Å². The van der Waals surface area contributed by atoms with Crippen LogP contribution in [0.5, 0.6) is 0 Å². The van der Waals surface area contributed by atoms with E-state index in [2.05, 4.69) is 51.6 Å². The van der Waals surface area contributed by atoms with Crippen molar-refractivity contribution in [2.75, 3.05) is 40.3 Å². The van der Waals surface area contributed by atoms with Crippen LogP contribution in [0.4, 0.5) is 0 Å². The van der Waals surface area contributed by atoms with Crippen LogP contribution in [-0.4, -0.2) is 61.3 Å². The van der Waals surface area contributed by atoms with Gasteiger partial charge in [0.15, 0.2) is 0 Å². The van der Waals surface area contributed by atoms with Crippen molar-refractivity contribution >= 4 is 0 Å². The van der Waals surface area contributed by atoms with E-state index < -0.39 is 0 Å². The van der Waals surface area contributed by atoms with Gasteiger partial charge >= 0.3 is 0 Å².